The number of hydrogen-bond acceptors (Lipinski definition) is 5. The van der Waals surface area contributed by atoms with Gasteiger partial charge in [0.05, 0.1) is 17.3 Å². The third-order valence-corrected chi connectivity index (χ3v) is 5.18. The summed E-state index contributed by atoms with van der Waals surface area (Å²) in [6, 6.07) is 6.81. The highest BCUT2D eigenvalue weighted by Gasteiger charge is 2.15. The zero-order chi connectivity index (χ0) is 15.4. The first-order chi connectivity index (χ1) is 10.7. The van der Waals surface area contributed by atoms with Gasteiger partial charge in [0, 0.05) is 12.5 Å². The van der Waals surface area contributed by atoms with Crippen molar-refractivity contribution in [2.75, 3.05) is 12.4 Å². The SMILES string of the molecule is COC(=O)CCc1ccc2nc(NC3CCCCC3)sc2c1. The highest BCUT2D eigenvalue weighted by Crippen LogP contribution is 2.29. The number of ether oxygens (including phenoxy) is 1. The second-order valence-corrected chi connectivity index (χ2v) is 6.91. The van der Waals surface area contributed by atoms with Crippen LogP contribution in [0.25, 0.3) is 10.2 Å². The Morgan fingerprint density at radius 1 is 1.36 bits per heavy atom. The van der Waals surface area contributed by atoms with E-state index in [0.29, 0.717) is 18.9 Å². The number of aromatic nitrogens is 1. The maximum atomic E-state index is 11.2. The first kappa shape index (κ1) is 15.3. The van der Waals surface area contributed by atoms with E-state index >= 15 is 0 Å². The Kier molecular flexibility index (Phi) is 4.93. The minimum atomic E-state index is -0.163. The van der Waals surface area contributed by atoms with E-state index in [2.05, 4.69) is 27.2 Å². The highest BCUT2D eigenvalue weighted by atomic mass is 32.1. The van der Waals surface area contributed by atoms with Gasteiger partial charge in [0.25, 0.3) is 0 Å². The number of benzene rings is 1. The predicted octanol–water partition coefficient (Wildman–Crippen LogP) is 4.15. The van der Waals surface area contributed by atoms with Gasteiger partial charge < -0.3 is 10.1 Å². The Labute approximate surface area is 134 Å². The molecule has 118 valence electrons. The number of nitrogens with zero attached hydrogens (tertiary/aromatic N) is 1. The van der Waals surface area contributed by atoms with Gasteiger partial charge in [0.15, 0.2) is 5.13 Å². The van der Waals surface area contributed by atoms with Crippen LogP contribution in [0, 0.1) is 0 Å². The number of aryl methyl sites for hydroxylation is 1. The van der Waals surface area contributed by atoms with Gasteiger partial charge >= 0.3 is 5.97 Å². The Hall–Kier alpha value is -1.62. The molecule has 1 aromatic carbocycles. The zero-order valence-corrected chi connectivity index (χ0v) is 13.7. The zero-order valence-electron chi connectivity index (χ0n) is 12.9. The molecule has 1 aromatic heterocycles. The fraction of sp³-hybridized carbons (Fsp3) is 0.529. The average Bonchev–Trinajstić information content (AvgIpc) is 2.94. The summed E-state index contributed by atoms with van der Waals surface area (Å²) in [5, 5.41) is 4.60. The molecule has 0 amide bonds. The third-order valence-electron chi connectivity index (χ3n) is 4.23. The molecule has 0 atom stereocenters. The lowest BCUT2D eigenvalue weighted by molar-refractivity contribution is -0.140. The molecule has 1 aliphatic carbocycles. The van der Waals surface area contributed by atoms with Crippen LogP contribution in [0.3, 0.4) is 0 Å². The lowest BCUT2D eigenvalue weighted by Crippen LogP contribution is -2.21. The third kappa shape index (κ3) is 3.77. The molecule has 1 saturated carbocycles. The number of fused-ring (bicyclic) bond motifs is 1. The Balaban J connectivity index is 1.68. The molecule has 0 spiro atoms. The molecular weight excluding hydrogens is 296 g/mol. The molecule has 1 heterocycles. The Bertz CT molecular complexity index is 647. The predicted molar refractivity (Wildman–Crippen MR) is 90.5 cm³/mol. The molecule has 0 aliphatic heterocycles. The molecule has 1 fully saturated rings. The largest absolute Gasteiger partial charge is 0.469 e. The van der Waals surface area contributed by atoms with Crippen molar-refractivity contribution in [2.45, 2.75) is 51.0 Å². The fourth-order valence-electron chi connectivity index (χ4n) is 2.96. The van der Waals surface area contributed by atoms with E-state index in [1.54, 1.807) is 11.3 Å². The van der Waals surface area contributed by atoms with Crippen molar-refractivity contribution < 1.29 is 9.53 Å². The van der Waals surface area contributed by atoms with Gasteiger partial charge in [-0.1, -0.05) is 36.7 Å². The molecule has 0 unspecified atom stereocenters. The lowest BCUT2D eigenvalue weighted by Gasteiger charge is -2.22. The summed E-state index contributed by atoms with van der Waals surface area (Å²) < 4.78 is 5.87. The summed E-state index contributed by atoms with van der Waals surface area (Å²) >= 11 is 1.71. The van der Waals surface area contributed by atoms with Gasteiger partial charge in [-0.15, -0.1) is 0 Å². The molecule has 22 heavy (non-hydrogen) atoms. The second kappa shape index (κ2) is 7.09. The molecule has 1 N–H and O–H groups in total. The number of thiazole rings is 1. The summed E-state index contributed by atoms with van der Waals surface area (Å²) in [4.78, 5) is 15.9. The maximum absolute atomic E-state index is 11.2. The van der Waals surface area contributed by atoms with Crippen molar-refractivity contribution >= 4 is 32.7 Å². The minimum absolute atomic E-state index is 0.163. The number of hydrogen-bond donors (Lipinski definition) is 1. The van der Waals surface area contributed by atoms with Gasteiger partial charge in [-0.25, -0.2) is 4.98 Å². The molecular formula is C17H22N2O2S. The number of carbonyl (C=O) groups excluding carboxylic acids is 1. The van der Waals surface area contributed by atoms with Crippen LogP contribution >= 0.6 is 11.3 Å². The maximum Gasteiger partial charge on any atom is 0.305 e. The van der Waals surface area contributed by atoms with Crippen LogP contribution < -0.4 is 5.32 Å². The lowest BCUT2D eigenvalue weighted by atomic mass is 9.96. The first-order valence-corrected chi connectivity index (χ1v) is 8.79. The van der Waals surface area contributed by atoms with Crippen molar-refractivity contribution in [3.05, 3.63) is 23.8 Å². The quantitative estimate of drug-likeness (QED) is 0.842. The van der Waals surface area contributed by atoms with Crippen LogP contribution in [-0.4, -0.2) is 24.1 Å². The normalized spacial score (nSPS) is 15.9. The van der Waals surface area contributed by atoms with Crippen LogP contribution in [0.2, 0.25) is 0 Å². The monoisotopic (exact) mass is 318 g/mol. The standard InChI is InChI=1S/C17H22N2O2S/c1-21-16(20)10-8-12-7-9-14-15(11-12)22-17(19-14)18-13-5-3-2-4-6-13/h7,9,11,13H,2-6,8,10H2,1H3,(H,18,19). The van der Waals surface area contributed by atoms with Crippen molar-refractivity contribution in [3.63, 3.8) is 0 Å². The second-order valence-electron chi connectivity index (χ2n) is 5.88. The van der Waals surface area contributed by atoms with Crippen LogP contribution in [-0.2, 0) is 16.0 Å². The molecule has 0 bridgehead atoms. The average molecular weight is 318 g/mol. The summed E-state index contributed by atoms with van der Waals surface area (Å²) in [7, 11) is 1.43. The number of anilines is 1. The van der Waals surface area contributed by atoms with Crippen molar-refractivity contribution in [1.29, 1.82) is 0 Å². The van der Waals surface area contributed by atoms with E-state index in [0.717, 1.165) is 16.2 Å². The number of esters is 1. The van der Waals surface area contributed by atoms with Crippen LogP contribution in [0.5, 0.6) is 0 Å². The first-order valence-electron chi connectivity index (χ1n) is 7.97. The summed E-state index contributed by atoms with van der Waals surface area (Å²) in [5.74, 6) is -0.163. The van der Waals surface area contributed by atoms with Gasteiger partial charge in [0.1, 0.15) is 0 Å². The Morgan fingerprint density at radius 2 is 2.18 bits per heavy atom. The van der Waals surface area contributed by atoms with E-state index in [9.17, 15) is 4.79 Å². The summed E-state index contributed by atoms with van der Waals surface area (Å²) in [6.45, 7) is 0. The van der Waals surface area contributed by atoms with E-state index in [1.807, 2.05) is 6.07 Å². The summed E-state index contributed by atoms with van der Waals surface area (Å²) in [5.41, 5.74) is 2.19. The molecule has 0 saturated heterocycles. The number of carbonyl (C=O) groups is 1. The van der Waals surface area contributed by atoms with E-state index in [1.165, 1.54) is 43.9 Å². The van der Waals surface area contributed by atoms with Gasteiger partial charge in [0.2, 0.25) is 0 Å². The molecule has 4 nitrogen and oxygen atoms in total. The van der Waals surface area contributed by atoms with E-state index in [-0.39, 0.29) is 5.97 Å². The molecule has 2 aromatic rings. The van der Waals surface area contributed by atoms with Crippen molar-refractivity contribution in [3.8, 4) is 0 Å². The molecule has 1 aliphatic rings. The fourth-order valence-corrected chi connectivity index (χ4v) is 3.96. The Morgan fingerprint density at radius 3 is 2.95 bits per heavy atom. The van der Waals surface area contributed by atoms with Gasteiger partial charge in [-0.3, -0.25) is 4.79 Å². The molecule has 0 radical (unpaired) electrons. The smallest absolute Gasteiger partial charge is 0.305 e. The van der Waals surface area contributed by atoms with Gasteiger partial charge in [-0.05, 0) is 37.0 Å². The summed E-state index contributed by atoms with van der Waals surface area (Å²) in [6.07, 6.45) is 7.64. The van der Waals surface area contributed by atoms with Crippen molar-refractivity contribution in [1.82, 2.24) is 4.98 Å². The van der Waals surface area contributed by atoms with E-state index < -0.39 is 0 Å². The van der Waals surface area contributed by atoms with Crippen molar-refractivity contribution in [2.24, 2.45) is 0 Å². The molecule has 3 rings (SSSR count). The van der Waals surface area contributed by atoms with E-state index in [4.69, 9.17) is 0 Å². The topological polar surface area (TPSA) is 51.2 Å². The van der Waals surface area contributed by atoms with Gasteiger partial charge in [-0.2, -0.15) is 0 Å². The minimum Gasteiger partial charge on any atom is -0.469 e. The number of rotatable bonds is 5. The number of methoxy groups -OCH3 is 1. The van der Waals surface area contributed by atoms with Crippen LogP contribution in [0.4, 0.5) is 5.13 Å². The van der Waals surface area contributed by atoms with Crippen LogP contribution in [0.1, 0.15) is 44.1 Å². The molecule has 5 heteroatoms. The number of nitrogens with one attached hydrogen (secondary N) is 1. The van der Waals surface area contributed by atoms with Crippen LogP contribution in [0.15, 0.2) is 18.2 Å². The highest BCUT2D eigenvalue weighted by molar-refractivity contribution is 7.22.